The molecular formula is C20H13N5O4S2. The number of nitrogens with zero attached hydrogens (tertiary/aromatic N) is 4. The van der Waals surface area contributed by atoms with Gasteiger partial charge in [0, 0.05) is 18.0 Å². The van der Waals surface area contributed by atoms with E-state index < -0.39 is 15.6 Å². The molecule has 0 bridgehead atoms. The van der Waals surface area contributed by atoms with Crippen LogP contribution >= 0.6 is 11.3 Å². The van der Waals surface area contributed by atoms with Crippen molar-refractivity contribution in [3.05, 3.63) is 81.7 Å². The first kappa shape index (κ1) is 19.2. The van der Waals surface area contributed by atoms with E-state index in [1.54, 1.807) is 54.2 Å². The van der Waals surface area contributed by atoms with Crippen LogP contribution in [0.1, 0.15) is 11.1 Å². The number of pyridine rings is 2. The third kappa shape index (κ3) is 3.20. The number of aromatic hydroxyl groups is 1. The maximum Gasteiger partial charge on any atom is 0.286 e. The number of amidine groups is 1. The molecule has 5 rings (SSSR count). The third-order valence-corrected chi connectivity index (χ3v) is 6.85. The van der Waals surface area contributed by atoms with Crippen molar-refractivity contribution in [1.82, 2.24) is 9.66 Å². The van der Waals surface area contributed by atoms with Crippen molar-refractivity contribution in [3.8, 4) is 5.75 Å². The van der Waals surface area contributed by atoms with Crippen molar-refractivity contribution in [3.63, 3.8) is 0 Å². The van der Waals surface area contributed by atoms with Gasteiger partial charge in [-0.1, -0.05) is 18.2 Å². The van der Waals surface area contributed by atoms with E-state index in [9.17, 15) is 18.3 Å². The second-order valence-corrected chi connectivity index (χ2v) is 9.03. The van der Waals surface area contributed by atoms with E-state index in [0.717, 1.165) is 4.68 Å². The quantitative estimate of drug-likeness (QED) is 0.461. The highest BCUT2D eigenvalue weighted by Gasteiger charge is 2.30. The second-order valence-electron chi connectivity index (χ2n) is 6.54. The zero-order valence-corrected chi connectivity index (χ0v) is 17.3. The predicted octanol–water partition coefficient (Wildman–Crippen LogP) is 2.61. The van der Waals surface area contributed by atoms with Gasteiger partial charge in [-0.25, -0.2) is 0 Å². The van der Waals surface area contributed by atoms with Crippen molar-refractivity contribution in [2.45, 2.75) is 4.90 Å². The standard InChI is InChI=1S/C20H13N5O4S2/c26-17-16(19-23-13-5-1-2-6-15(13)31(28,29)24-19)20(27)25(14-7-9-30-18(14)17)22-11-12-4-3-8-21-10-12/h1-11,26H,(H,23,24). The van der Waals surface area contributed by atoms with Crippen LogP contribution in [0.15, 0.2) is 79.4 Å². The fraction of sp³-hybridized carbons (Fsp3) is 0. The predicted molar refractivity (Wildman–Crippen MR) is 119 cm³/mol. The number of fused-ring (bicyclic) bond motifs is 2. The van der Waals surface area contributed by atoms with Crippen LogP contribution in [-0.4, -0.2) is 35.2 Å². The number of hydrogen-bond acceptors (Lipinski definition) is 8. The van der Waals surface area contributed by atoms with Gasteiger partial charge >= 0.3 is 0 Å². The molecule has 0 saturated heterocycles. The minimum absolute atomic E-state index is 0.00892. The number of nitrogens with one attached hydrogen (secondary N) is 1. The lowest BCUT2D eigenvalue weighted by molar-refractivity contribution is 0.479. The zero-order chi connectivity index (χ0) is 21.6. The Bertz CT molecular complexity index is 1550. The molecule has 0 unspecified atom stereocenters. The van der Waals surface area contributed by atoms with Crippen LogP contribution in [0.25, 0.3) is 10.2 Å². The Morgan fingerprint density at radius 3 is 2.81 bits per heavy atom. The smallest absolute Gasteiger partial charge is 0.286 e. The monoisotopic (exact) mass is 451 g/mol. The molecule has 0 saturated carbocycles. The molecule has 154 valence electrons. The van der Waals surface area contributed by atoms with Crippen LogP contribution in [0.2, 0.25) is 0 Å². The lowest BCUT2D eigenvalue weighted by Crippen LogP contribution is -2.31. The SMILES string of the molecule is O=c1c(C2=NS(=O)(=O)c3ccccc3N2)c(O)c2sccc2n1N=Cc1cccnc1. The molecule has 1 aliphatic heterocycles. The molecule has 1 aromatic carbocycles. The van der Waals surface area contributed by atoms with E-state index in [4.69, 9.17) is 0 Å². The molecule has 11 heteroatoms. The Morgan fingerprint density at radius 2 is 2.00 bits per heavy atom. The third-order valence-electron chi connectivity index (χ3n) is 4.60. The van der Waals surface area contributed by atoms with Gasteiger partial charge < -0.3 is 10.4 Å². The number of benzene rings is 1. The first-order valence-corrected chi connectivity index (χ1v) is 11.3. The largest absolute Gasteiger partial charge is 0.505 e. The van der Waals surface area contributed by atoms with Crippen molar-refractivity contribution in [2.75, 3.05) is 5.32 Å². The van der Waals surface area contributed by atoms with Crippen LogP contribution in [0.3, 0.4) is 0 Å². The average molecular weight is 451 g/mol. The highest BCUT2D eigenvalue weighted by molar-refractivity contribution is 7.90. The van der Waals surface area contributed by atoms with Crippen molar-refractivity contribution < 1.29 is 13.5 Å². The summed E-state index contributed by atoms with van der Waals surface area (Å²) in [7, 11) is -4.06. The van der Waals surface area contributed by atoms with Crippen LogP contribution in [0.5, 0.6) is 5.75 Å². The summed E-state index contributed by atoms with van der Waals surface area (Å²) < 4.78 is 30.5. The Kier molecular flexibility index (Phi) is 4.41. The Balaban J connectivity index is 1.73. The number of aromatic nitrogens is 2. The first-order chi connectivity index (χ1) is 15.0. The van der Waals surface area contributed by atoms with Gasteiger partial charge in [0.05, 0.1) is 22.1 Å². The van der Waals surface area contributed by atoms with Gasteiger partial charge in [0.1, 0.15) is 10.5 Å². The molecule has 0 atom stereocenters. The minimum atomic E-state index is -4.06. The molecule has 9 nitrogen and oxygen atoms in total. The van der Waals surface area contributed by atoms with Gasteiger partial charge in [-0.3, -0.25) is 9.78 Å². The van der Waals surface area contributed by atoms with Crippen molar-refractivity contribution in [1.29, 1.82) is 0 Å². The molecule has 2 N–H and O–H groups in total. The fourth-order valence-corrected chi connectivity index (χ4v) is 5.15. The summed E-state index contributed by atoms with van der Waals surface area (Å²) in [6.45, 7) is 0. The number of hydrogen-bond donors (Lipinski definition) is 2. The van der Waals surface area contributed by atoms with E-state index in [1.807, 2.05) is 0 Å². The maximum absolute atomic E-state index is 13.3. The summed E-state index contributed by atoms with van der Waals surface area (Å²) >= 11 is 1.19. The Morgan fingerprint density at radius 1 is 1.16 bits per heavy atom. The maximum atomic E-state index is 13.3. The highest BCUT2D eigenvalue weighted by Crippen LogP contribution is 2.34. The van der Waals surface area contributed by atoms with E-state index in [1.165, 1.54) is 23.6 Å². The second kappa shape index (κ2) is 7.15. The van der Waals surface area contributed by atoms with E-state index >= 15 is 0 Å². The summed E-state index contributed by atoms with van der Waals surface area (Å²) in [6.07, 6.45) is 4.65. The molecular weight excluding hydrogens is 438 g/mol. The first-order valence-electron chi connectivity index (χ1n) is 8.97. The summed E-state index contributed by atoms with van der Waals surface area (Å²) in [5.74, 6) is -0.620. The number of sulfonamides is 1. The van der Waals surface area contributed by atoms with Gasteiger partial charge in [-0.2, -0.15) is 18.2 Å². The van der Waals surface area contributed by atoms with E-state index in [2.05, 4.69) is 19.8 Å². The Labute approximate surface area is 179 Å². The fourth-order valence-electron chi connectivity index (χ4n) is 3.20. The van der Waals surface area contributed by atoms with Crippen LogP contribution < -0.4 is 10.9 Å². The summed E-state index contributed by atoms with van der Waals surface area (Å²) in [5, 5.41) is 19.6. The highest BCUT2D eigenvalue weighted by atomic mass is 32.2. The number of para-hydroxylation sites is 1. The molecule has 1 aliphatic rings. The molecule has 3 aromatic heterocycles. The lowest BCUT2D eigenvalue weighted by Gasteiger charge is -2.19. The molecule has 0 amide bonds. The summed E-state index contributed by atoms with van der Waals surface area (Å²) in [4.78, 5) is 17.3. The molecule has 4 heterocycles. The van der Waals surface area contributed by atoms with Gasteiger partial charge in [-0.05, 0) is 29.6 Å². The molecule has 0 radical (unpaired) electrons. The van der Waals surface area contributed by atoms with Gasteiger partial charge in [0.2, 0.25) is 0 Å². The lowest BCUT2D eigenvalue weighted by atomic mass is 10.2. The zero-order valence-electron chi connectivity index (χ0n) is 15.6. The summed E-state index contributed by atoms with van der Waals surface area (Å²) in [5.41, 5.74) is 0.317. The molecule has 4 aromatic rings. The molecule has 0 fully saturated rings. The minimum Gasteiger partial charge on any atom is -0.505 e. The molecule has 0 aliphatic carbocycles. The van der Waals surface area contributed by atoms with Gasteiger partial charge in [0.25, 0.3) is 15.6 Å². The van der Waals surface area contributed by atoms with Crippen LogP contribution in [0.4, 0.5) is 5.69 Å². The average Bonchev–Trinajstić information content (AvgIpc) is 3.24. The molecule has 0 spiro atoms. The number of thiophene rings is 1. The van der Waals surface area contributed by atoms with Gasteiger partial charge in [-0.15, -0.1) is 15.7 Å². The van der Waals surface area contributed by atoms with Crippen LogP contribution in [0, 0.1) is 0 Å². The Hall–Kier alpha value is -3.83. The van der Waals surface area contributed by atoms with E-state index in [0.29, 0.717) is 15.8 Å². The van der Waals surface area contributed by atoms with E-state index in [-0.39, 0.29) is 27.7 Å². The van der Waals surface area contributed by atoms with Crippen molar-refractivity contribution >= 4 is 49.3 Å². The van der Waals surface area contributed by atoms with Crippen LogP contribution in [-0.2, 0) is 10.0 Å². The summed E-state index contributed by atoms with van der Waals surface area (Å²) in [6, 6.07) is 11.3. The number of anilines is 1. The number of rotatable bonds is 3. The van der Waals surface area contributed by atoms with Crippen molar-refractivity contribution in [2.24, 2.45) is 9.50 Å². The normalized spacial score (nSPS) is 14.9. The molecule has 31 heavy (non-hydrogen) atoms. The topological polar surface area (TPSA) is 126 Å². The van der Waals surface area contributed by atoms with Gasteiger partial charge in [0.15, 0.2) is 11.6 Å².